The van der Waals surface area contributed by atoms with Crippen LogP contribution in [0.15, 0.2) is 47.0 Å². The molecule has 0 aliphatic carbocycles. The summed E-state index contributed by atoms with van der Waals surface area (Å²) in [6, 6.07) is 8.74. The number of thioether (sulfide) groups is 1. The van der Waals surface area contributed by atoms with Crippen molar-refractivity contribution in [2.45, 2.75) is 18.7 Å². The van der Waals surface area contributed by atoms with E-state index in [9.17, 15) is 0 Å². The third-order valence-corrected chi connectivity index (χ3v) is 4.12. The minimum atomic E-state index is 0.613. The molecule has 0 fully saturated rings. The Morgan fingerprint density at radius 3 is 2.41 bits per heavy atom. The fourth-order valence-electron chi connectivity index (χ4n) is 2.50. The highest BCUT2D eigenvalue weighted by Gasteiger charge is 2.14. The predicted octanol–water partition coefficient (Wildman–Crippen LogP) is 3.67. The summed E-state index contributed by atoms with van der Waals surface area (Å²) in [4.78, 5) is 3.50. The molecule has 0 saturated carbocycles. The Balaban J connectivity index is 2.23. The number of likely N-dealkylation sites (N-methyl/N-ethyl adjacent to an activating group) is 1. The second kappa shape index (κ2) is 7.75. The van der Waals surface area contributed by atoms with Gasteiger partial charge >= 0.3 is 0 Å². The molecule has 0 atom stereocenters. The molecule has 0 bridgehead atoms. The number of hydrazine groups is 1. The summed E-state index contributed by atoms with van der Waals surface area (Å²) in [6.45, 7) is 6.43. The number of nitrogens with one attached hydrogen (secondary N) is 1. The Morgan fingerprint density at radius 2 is 1.86 bits per heavy atom. The SMILES string of the molecule is CSc1ccc(C2=CC(CN(C)C)=CN(CC(C)C)N2)cc1. The topological polar surface area (TPSA) is 18.5 Å². The van der Waals surface area contributed by atoms with Crippen LogP contribution in [0.25, 0.3) is 5.70 Å². The maximum absolute atomic E-state index is 3.53. The van der Waals surface area contributed by atoms with Crippen LogP contribution < -0.4 is 5.43 Å². The van der Waals surface area contributed by atoms with E-state index in [4.69, 9.17) is 0 Å². The van der Waals surface area contributed by atoms with Crippen LogP contribution in [0.3, 0.4) is 0 Å². The first-order valence-electron chi connectivity index (χ1n) is 7.72. The van der Waals surface area contributed by atoms with Crippen LogP contribution in [0.4, 0.5) is 0 Å². The molecule has 22 heavy (non-hydrogen) atoms. The van der Waals surface area contributed by atoms with Crippen LogP contribution in [0.2, 0.25) is 0 Å². The van der Waals surface area contributed by atoms with Crippen molar-refractivity contribution in [2.24, 2.45) is 5.92 Å². The molecule has 1 N–H and O–H groups in total. The molecule has 0 saturated heterocycles. The Bertz CT molecular complexity index is 544. The average Bonchev–Trinajstić information content (AvgIpc) is 2.45. The minimum Gasteiger partial charge on any atom is -0.305 e. The normalized spacial score (nSPS) is 15.0. The van der Waals surface area contributed by atoms with Gasteiger partial charge in [0, 0.05) is 24.2 Å². The van der Waals surface area contributed by atoms with Gasteiger partial charge in [-0.05, 0) is 55.6 Å². The van der Waals surface area contributed by atoms with E-state index in [2.05, 4.69) is 86.1 Å². The van der Waals surface area contributed by atoms with Gasteiger partial charge in [-0.25, -0.2) is 0 Å². The summed E-state index contributed by atoms with van der Waals surface area (Å²) in [6.07, 6.45) is 6.58. The Labute approximate surface area is 139 Å². The number of hydrogen-bond donors (Lipinski definition) is 1. The first-order chi connectivity index (χ1) is 10.5. The molecule has 1 heterocycles. The number of benzene rings is 1. The zero-order valence-electron chi connectivity index (χ0n) is 14.3. The molecule has 1 aliphatic rings. The number of nitrogens with zero attached hydrogens (tertiary/aromatic N) is 2. The molecule has 0 amide bonds. The lowest BCUT2D eigenvalue weighted by Crippen LogP contribution is -2.38. The summed E-state index contributed by atoms with van der Waals surface area (Å²) in [5, 5.41) is 2.21. The van der Waals surface area contributed by atoms with Crippen LogP contribution in [0.5, 0.6) is 0 Å². The molecule has 0 aromatic heterocycles. The van der Waals surface area contributed by atoms with Crippen molar-refractivity contribution in [1.82, 2.24) is 15.3 Å². The molecule has 0 spiro atoms. The Hall–Kier alpha value is -1.39. The van der Waals surface area contributed by atoms with E-state index >= 15 is 0 Å². The van der Waals surface area contributed by atoms with Crippen molar-refractivity contribution in [3.8, 4) is 0 Å². The van der Waals surface area contributed by atoms with E-state index in [0.717, 1.165) is 13.1 Å². The molecule has 120 valence electrons. The van der Waals surface area contributed by atoms with Gasteiger partial charge in [-0.15, -0.1) is 11.8 Å². The summed E-state index contributed by atoms with van der Waals surface area (Å²) < 4.78 is 0. The third kappa shape index (κ3) is 4.82. The number of hydrogen-bond acceptors (Lipinski definition) is 4. The van der Waals surface area contributed by atoms with Gasteiger partial charge in [-0.3, -0.25) is 10.4 Å². The number of rotatable bonds is 6. The van der Waals surface area contributed by atoms with E-state index in [1.165, 1.54) is 21.7 Å². The van der Waals surface area contributed by atoms with E-state index < -0.39 is 0 Å². The highest BCUT2D eigenvalue weighted by Crippen LogP contribution is 2.23. The van der Waals surface area contributed by atoms with Crippen molar-refractivity contribution >= 4 is 17.5 Å². The fraction of sp³-hybridized carbons (Fsp3) is 0.444. The van der Waals surface area contributed by atoms with Crippen LogP contribution in [0.1, 0.15) is 19.4 Å². The smallest absolute Gasteiger partial charge is 0.0618 e. The van der Waals surface area contributed by atoms with Crippen molar-refractivity contribution in [1.29, 1.82) is 0 Å². The highest BCUT2D eigenvalue weighted by molar-refractivity contribution is 7.98. The first-order valence-corrected chi connectivity index (χ1v) is 8.95. The van der Waals surface area contributed by atoms with E-state index in [1.807, 2.05) is 0 Å². The molecule has 0 unspecified atom stereocenters. The lowest BCUT2D eigenvalue weighted by Gasteiger charge is -2.31. The largest absolute Gasteiger partial charge is 0.305 e. The van der Waals surface area contributed by atoms with Gasteiger partial charge in [-0.1, -0.05) is 26.0 Å². The molecular formula is C18H27N3S. The van der Waals surface area contributed by atoms with Crippen molar-refractivity contribution in [3.63, 3.8) is 0 Å². The Morgan fingerprint density at radius 1 is 1.18 bits per heavy atom. The first kappa shape index (κ1) is 17.0. The van der Waals surface area contributed by atoms with Gasteiger partial charge in [0.2, 0.25) is 0 Å². The highest BCUT2D eigenvalue weighted by atomic mass is 32.2. The zero-order chi connectivity index (χ0) is 16.1. The molecule has 1 aromatic rings. The summed E-state index contributed by atoms with van der Waals surface area (Å²) in [5.41, 5.74) is 7.27. The fourth-order valence-corrected chi connectivity index (χ4v) is 2.91. The molecule has 1 aliphatic heterocycles. The lowest BCUT2D eigenvalue weighted by molar-refractivity contribution is 0.279. The van der Waals surface area contributed by atoms with Gasteiger partial charge in [0.1, 0.15) is 0 Å². The van der Waals surface area contributed by atoms with E-state index in [1.54, 1.807) is 11.8 Å². The Kier molecular flexibility index (Phi) is 5.98. The quantitative estimate of drug-likeness (QED) is 0.807. The molecule has 3 nitrogen and oxygen atoms in total. The summed E-state index contributed by atoms with van der Waals surface area (Å²) >= 11 is 1.77. The predicted molar refractivity (Wildman–Crippen MR) is 97.5 cm³/mol. The average molecular weight is 318 g/mol. The second-order valence-electron chi connectivity index (χ2n) is 6.39. The zero-order valence-corrected chi connectivity index (χ0v) is 15.1. The van der Waals surface area contributed by atoms with Crippen molar-refractivity contribution in [2.75, 3.05) is 33.4 Å². The molecular weight excluding hydrogens is 290 g/mol. The van der Waals surface area contributed by atoms with Gasteiger partial charge in [0.25, 0.3) is 0 Å². The lowest BCUT2D eigenvalue weighted by atomic mass is 10.1. The van der Waals surface area contributed by atoms with Crippen LogP contribution in [-0.2, 0) is 0 Å². The maximum Gasteiger partial charge on any atom is 0.0618 e. The van der Waals surface area contributed by atoms with Gasteiger partial charge in [0.05, 0.1) is 5.70 Å². The molecule has 1 aromatic carbocycles. The monoisotopic (exact) mass is 317 g/mol. The van der Waals surface area contributed by atoms with Crippen LogP contribution in [-0.4, -0.2) is 43.3 Å². The van der Waals surface area contributed by atoms with Crippen LogP contribution >= 0.6 is 11.8 Å². The third-order valence-electron chi connectivity index (χ3n) is 3.38. The molecule has 2 rings (SSSR count). The van der Waals surface area contributed by atoms with E-state index in [-0.39, 0.29) is 0 Å². The second-order valence-corrected chi connectivity index (χ2v) is 7.27. The van der Waals surface area contributed by atoms with Gasteiger partial charge in [0.15, 0.2) is 0 Å². The summed E-state index contributed by atoms with van der Waals surface area (Å²) in [5.74, 6) is 0.613. The van der Waals surface area contributed by atoms with Crippen molar-refractivity contribution in [3.05, 3.63) is 47.7 Å². The van der Waals surface area contributed by atoms with Gasteiger partial charge in [-0.2, -0.15) is 0 Å². The standard InChI is InChI=1S/C18H27N3S/c1-14(2)11-21-13-15(12-20(3)4)10-18(19-21)16-6-8-17(22-5)9-7-16/h6-10,13-14,19H,11-12H2,1-5H3. The minimum absolute atomic E-state index is 0.613. The van der Waals surface area contributed by atoms with Crippen molar-refractivity contribution < 1.29 is 0 Å². The maximum atomic E-state index is 3.53. The summed E-state index contributed by atoms with van der Waals surface area (Å²) in [7, 11) is 4.22. The molecule has 4 heteroatoms. The van der Waals surface area contributed by atoms with E-state index in [0.29, 0.717) is 5.92 Å². The molecule has 0 radical (unpaired) electrons. The van der Waals surface area contributed by atoms with Gasteiger partial charge < -0.3 is 4.90 Å². The van der Waals surface area contributed by atoms with Crippen LogP contribution in [0, 0.1) is 5.92 Å².